The Balaban J connectivity index is 1.96. The van der Waals surface area contributed by atoms with Gasteiger partial charge in [0.15, 0.2) is 0 Å². The molecule has 0 saturated heterocycles. The minimum absolute atomic E-state index is 0.0232. The Morgan fingerprint density at radius 3 is 2.24 bits per heavy atom. The van der Waals surface area contributed by atoms with Gasteiger partial charge in [0.25, 0.3) is 0 Å². The molecule has 0 spiro atoms. The van der Waals surface area contributed by atoms with Gasteiger partial charge in [-0.25, -0.2) is 0 Å². The number of nitrogens with zero attached hydrogens (tertiary/aromatic N) is 1. The molecule has 0 unspecified atom stereocenters. The molecule has 0 fully saturated rings. The average Bonchev–Trinajstić information content (AvgIpc) is 2.83. The van der Waals surface area contributed by atoms with Crippen LogP contribution in [0.4, 0.5) is 0 Å². The van der Waals surface area contributed by atoms with Crippen LogP contribution in [0.5, 0.6) is 0 Å². The first-order valence-electron chi connectivity index (χ1n) is 11.8. The zero-order valence-corrected chi connectivity index (χ0v) is 20.9. The van der Waals surface area contributed by atoms with Gasteiger partial charge in [-0.2, -0.15) is 0 Å². The Morgan fingerprint density at radius 1 is 0.912 bits per heavy atom. The van der Waals surface area contributed by atoms with Crippen LogP contribution in [-0.4, -0.2) is 28.8 Å². The van der Waals surface area contributed by atoms with Crippen molar-refractivity contribution in [2.75, 3.05) is 0 Å². The Labute approximate surface area is 207 Å². The van der Waals surface area contributed by atoms with Gasteiger partial charge in [0.05, 0.1) is 6.42 Å². The van der Waals surface area contributed by atoms with E-state index in [4.69, 9.17) is 11.6 Å². The van der Waals surface area contributed by atoms with Crippen molar-refractivity contribution >= 4 is 23.4 Å². The topological polar surface area (TPSA) is 49.4 Å². The van der Waals surface area contributed by atoms with Crippen LogP contribution in [0.2, 0.25) is 5.02 Å². The summed E-state index contributed by atoms with van der Waals surface area (Å²) in [5.41, 5.74) is 3.97. The quantitative estimate of drug-likeness (QED) is 0.405. The molecule has 0 aromatic heterocycles. The van der Waals surface area contributed by atoms with Crippen molar-refractivity contribution in [3.63, 3.8) is 0 Å². The zero-order chi connectivity index (χ0) is 24.5. The van der Waals surface area contributed by atoms with E-state index in [2.05, 4.69) is 5.32 Å². The number of benzene rings is 3. The van der Waals surface area contributed by atoms with Crippen LogP contribution in [0.3, 0.4) is 0 Å². The van der Waals surface area contributed by atoms with Gasteiger partial charge in [0.2, 0.25) is 11.8 Å². The molecule has 3 rings (SSSR count). The second-order valence-electron chi connectivity index (χ2n) is 8.84. The maximum absolute atomic E-state index is 13.7. The molecule has 0 bridgehead atoms. The molecule has 0 heterocycles. The monoisotopic (exact) mass is 476 g/mol. The summed E-state index contributed by atoms with van der Waals surface area (Å²) in [4.78, 5) is 28.9. The Kier molecular flexibility index (Phi) is 9.29. The number of halogens is 1. The van der Waals surface area contributed by atoms with Crippen LogP contribution in [0.15, 0.2) is 78.9 Å². The van der Waals surface area contributed by atoms with Crippen LogP contribution in [0, 0.1) is 6.92 Å². The number of rotatable bonds is 10. The minimum Gasteiger partial charge on any atom is -0.352 e. The first-order valence-corrected chi connectivity index (χ1v) is 12.2. The number of amides is 2. The van der Waals surface area contributed by atoms with E-state index in [1.54, 1.807) is 17.0 Å². The Morgan fingerprint density at radius 2 is 1.59 bits per heavy atom. The molecule has 3 aromatic rings. The van der Waals surface area contributed by atoms with Crippen molar-refractivity contribution in [2.45, 2.75) is 58.7 Å². The highest BCUT2D eigenvalue weighted by Crippen LogP contribution is 2.18. The molecule has 1 N–H and O–H groups in total. The van der Waals surface area contributed by atoms with Crippen molar-refractivity contribution in [3.8, 4) is 0 Å². The van der Waals surface area contributed by atoms with E-state index >= 15 is 0 Å². The SMILES string of the molecule is CC[C@@H](C)NC(=O)[C@@H](Cc1ccccc1)N(Cc1ccc(C)cc1)C(=O)Cc1cccc(Cl)c1. The van der Waals surface area contributed by atoms with Gasteiger partial charge in [-0.3, -0.25) is 9.59 Å². The average molecular weight is 477 g/mol. The predicted octanol–water partition coefficient (Wildman–Crippen LogP) is 5.75. The summed E-state index contributed by atoms with van der Waals surface area (Å²) in [6, 6.07) is 24.6. The van der Waals surface area contributed by atoms with Crippen molar-refractivity contribution in [1.29, 1.82) is 0 Å². The normalized spacial score (nSPS) is 12.6. The van der Waals surface area contributed by atoms with Gasteiger partial charge in [-0.15, -0.1) is 0 Å². The number of carbonyl (C=O) groups is 2. The fraction of sp³-hybridized carbons (Fsp3) is 0.310. The first-order chi connectivity index (χ1) is 16.4. The van der Waals surface area contributed by atoms with Gasteiger partial charge < -0.3 is 10.2 Å². The lowest BCUT2D eigenvalue weighted by Crippen LogP contribution is -2.52. The summed E-state index contributed by atoms with van der Waals surface area (Å²) in [5.74, 6) is -0.243. The van der Waals surface area contributed by atoms with Crippen LogP contribution < -0.4 is 5.32 Å². The van der Waals surface area contributed by atoms with Crippen LogP contribution in [-0.2, 0) is 29.0 Å². The van der Waals surface area contributed by atoms with E-state index in [1.165, 1.54) is 0 Å². The molecule has 5 heteroatoms. The summed E-state index contributed by atoms with van der Waals surface area (Å²) >= 11 is 6.16. The summed E-state index contributed by atoms with van der Waals surface area (Å²) in [5, 5.41) is 3.69. The lowest BCUT2D eigenvalue weighted by molar-refractivity contribution is -0.141. The van der Waals surface area contributed by atoms with Gasteiger partial charge >= 0.3 is 0 Å². The summed E-state index contributed by atoms with van der Waals surface area (Å²) in [6.45, 7) is 6.40. The lowest BCUT2D eigenvalue weighted by atomic mass is 10.0. The van der Waals surface area contributed by atoms with E-state index in [9.17, 15) is 9.59 Å². The van der Waals surface area contributed by atoms with E-state index in [0.717, 1.165) is 28.7 Å². The third kappa shape index (κ3) is 7.46. The summed E-state index contributed by atoms with van der Waals surface area (Å²) in [7, 11) is 0. The zero-order valence-electron chi connectivity index (χ0n) is 20.1. The molecule has 2 atom stereocenters. The lowest BCUT2D eigenvalue weighted by Gasteiger charge is -2.32. The Bertz CT molecular complexity index is 1080. The molecule has 0 radical (unpaired) electrons. The maximum atomic E-state index is 13.7. The molecule has 2 amide bonds. The molecule has 178 valence electrons. The fourth-order valence-electron chi connectivity index (χ4n) is 3.81. The van der Waals surface area contributed by atoms with E-state index in [0.29, 0.717) is 18.0 Å². The van der Waals surface area contributed by atoms with E-state index in [-0.39, 0.29) is 24.3 Å². The van der Waals surface area contributed by atoms with Crippen molar-refractivity contribution in [2.24, 2.45) is 0 Å². The number of hydrogen-bond acceptors (Lipinski definition) is 2. The summed E-state index contributed by atoms with van der Waals surface area (Å²) < 4.78 is 0. The molecule has 4 nitrogen and oxygen atoms in total. The highest BCUT2D eigenvalue weighted by Gasteiger charge is 2.31. The highest BCUT2D eigenvalue weighted by atomic mass is 35.5. The van der Waals surface area contributed by atoms with Gasteiger partial charge in [-0.05, 0) is 49.1 Å². The molecule has 0 aliphatic rings. The second-order valence-corrected chi connectivity index (χ2v) is 9.27. The third-order valence-corrected chi connectivity index (χ3v) is 6.23. The van der Waals surface area contributed by atoms with Crippen LogP contribution >= 0.6 is 11.6 Å². The number of carbonyl (C=O) groups excluding carboxylic acids is 2. The molecular formula is C29H33ClN2O2. The largest absolute Gasteiger partial charge is 0.352 e. The van der Waals surface area contributed by atoms with Crippen LogP contribution in [0.1, 0.15) is 42.5 Å². The predicted molar refractivity (Wildman–Crippen MR) is 139 cm³/mol. The fourth-order valence-corrected chi connectivity index (χ4v) is 4.02. The maximum Gasteiger partial charge on any atom is 0.243 e. The molecular weight excluding hydrogens is 444 g/mol. The molecule has 0 aliphatic carbocycles. The van der Waals surface area contributed by atoms with Crippen molar-refractivity contribution in [3.05, 3.63) is 106 Å². The van der Waals surface area contributed by atoms with Gasteiger partial charge in [0.1, 0.15) is 6.04 Å². The molecule has 34 heavy (non-hydrogen) atoms. The van der Waals surface area contributed by atoms with E-state index in [1.807, 2.05) is 87.5 Å². The molecule has 3 aromatic carbocycles. The second kappa shape index (κ2) is 12.4. The van der Waals surface area contributed by atoms with Crippen molar-refractivity contribution < 1.29 is 9.59 Å². The van der Waals surface area contributed by atoms with Crippen LogP contribution in [0.25, 0.3) is 0 Å². The first kappa shape index (κ1) is 25.5. The Hall–Kier alpha value is -3.11. The van der Waals surface area contributed by atoms with Gasteiger partial charge in [-0.1, -0.05) is 90.8 Å². The number of nitrogens with one attached hydrogen (secondary N) is 1. The molecule has 0 saturated carbocycles. The van der Waals surface area contributed by atoms with Crippen molar-refractivity contribution in [1.82, 2.24) is 10.2 Å². The smallest absolute Gasteiger partial charge is 0.243 e. The standard InChI is InChI=1S/C29H33ClN2O2/c1-4-22(3)31-29(34)27(18-23-9-6-5-7-10-23)32(20-24-15-13-21(2)14-16-24)28(33)19-25-11-8-12-26(30)17-25/h5-17,22,27H,4,18-20H2,1-3H3,(H,31,34)/t22-,27-/m1/s1. The number of hydrogen-bond donors (Lipinski definition) is 1. The van der Waals surface area contributed by atoms with Gasteiger partial charge in [0, 0.05) is 24.0 Å². The highest BCUT2D eigenvalue weighted by molar-refractivity contribution is 6.30. The third-order valence-electron chi connectivity index (χ3n) is 5.99. The minimum atomic E-state index is -0.635. The summed E-state index contributed by atoms with van der Waals surface area (Å²) in [6.07, 6.45) is 1.43. The number of aryl methyl sites for hydroxylation is 1. The van der Waals surface area contributed by atoms with E-state index < -0.39 is 6.04 Å². The molecule has 0 aliphatic heterocycles.